The molecule has 0 aliphatic carbocycles. The van der Waals surface area contributed by atoms with Crippen molar-refractivity contribution < 1.29 is 13.6 Å². The topological polar surface area (TPSA) is 32.3 Å². The van der Waals surface area contributed by atoms with Crippen LogP contribution in [0.25, 0.3) is 0 Å². The predicted octanol–water partition coefficient (Wildman–Crippen LogP) is 1.79. The normalized spacial score (nSPS) is 19.9. The molecule has 1 aliphatic heterocycles. The molecule has 1 atom stereocenters. The van der Waals surface area contributed by atoms with Gasteiger partial charge < -0.3 is 10.2 Å². The molecule has 0 spiro atoms. The second kappa shape index (κ2) is 5.44. The van der Waals surface area contributed by atoms with Crippen LogP contribution in [0.15, 0.2) is 18.2 Å². The average Bonchev–Trinajstić information content (AvgIpc) is 2.41. The van der Waals surface area contributed by atoms with Gasteiger partial charge in [-0.05, 0) is 38.1 Å². The van der Waals surface area contributed by atoms with Gasteiger partial charge in [0.2, 0.25) is 0 Å². The minimum atomic E-state index is -0.673. The van der Waals surface area contributed by atoms with Crippen molar-refractivity contribution >= 4 is 5.91 Å². The Bertz CT molecular complexity index is 451. The second-order valence-electron chi connectivity index (χ2n) is 4.50. The second-order valence-corrected chi connectivity index (χ2v) is 4.50. The number of amides is 1. The molecule has 1 unspecified atom stereocenters. The van der Waals surface area contributed by atoms with Gasteiger partial charge in [-0.15, -0.1) is 0 Å². The first-order valence-electron chi connectivity index (χ1n) is 6.03. The molecular weight excluding hydrogens is 238 g/mol. The molecule has 1 N–H and O–H groups in total. The van der Waals surface area contributed by atoms with Crippen LogP contribution in [-0.4, -0.2) is 37.0 Å². The molecule has 0 radical (unpaired) electrons. The van der Waals surface area contributed by atoms with Crippen LogP contribution in [0.2, 0.25) is 0 Å². The quantitative estimate of drug-likeness (QED) is 0.872. The number of piperidine rings is 1. The summed E-state index contributed by atoms with van der Waals surface area (Å²) in [5.41, 5.74) is -0.188. The number of benzene rings is 1. The molecule has 18 heavy (non-hydrogen) atoms. The fourth-order valence-electron chi connectivity index (χ4n) is 2.23. The van der Waals surface area contributed by atoms with Crippen LogP contribution in [0, 0.1) is 11.6 Å². The number of rotatable bonds is 2. The Morgan fingerprint density at radius 3 is 2.94 bits per heavy atom. The van der Waals surface area contributed by atoms with Crippen molar-refractivity contribution in [1.29, 1.82) is 0 Å². The van der Waals surface area contributed by atoms with Gasteiger partial charge in [-0.25, -0.2) is 8.78 Å². The maximum Gasteiger partial charge on any atom is 0.256 e. The van der Waals surface area contributed by atoms with Crippen LogP contribution < -0.4 is 5.32 Å². The third-order valence-corrected chi connectivity index (χ3v) is 3.28. The number of halogens is 2. The molecule has 1 saturated heterocycles. The van der Waals surface area contributed by atoms with Gasteiger partial charge in [0.25, 0.3) is 5.91 Å². The van der Waals surface area contributed by atoms with E-state index in [-0.39, 0.29) is 11.6 Å². The van der Waals surface area contributed by atoms with Gasteiger partial charge in [0.1, 0.15) is 11.6 Å². The molecule has 1 aliphatic rings. The van der Waals surface area contributed by atoms with E-state index in [1.807, 2.05) is 7.05 Å². The van der Waals surface area contributed by atoms with Gasteiger partial charge in [-0.3, -0.25) is 4.79 Å². The van der Waals surface area contributed by atoms with Gasteiger partial charge >= 0.3 is 0 Å². The molecule has 0 bridgehead atoms. The first kappa shape index (κ1) is 13.0. The summed E-state index contributed by atoms with van der Waals surface area (Å²) in [5, 5.41) is 3.10. The zero-order valence-electron chi connectivity index (χ0n) is 10.2. The number of hydrogen-bond acceptors (Lipinski definition) is 2. The Labute approximate surface area is 105 Å². The summed E-state index contributed by atoms with van der Waals surface area (Å²) in [5.74, 6) is -1.71. The molecule has 0 aromatic heterocycles. The summed E-state index contributed by atoms with van der Waals surface area (Å²) in [7, 11) is 1.83. The van der Waals surface area contributed by atoms with E-state index in [0.29, 0.717) is 13.1 Å². The Morgan fingerprint density at radius 1 is 1.44 bits per heavy atom. The lowest BCUT2D eigenvalue weighted by molar-refractivity contribution is 0.0693. The molecule has 1 fully saturated rings. The van der Waals surface area contributed by atoms with Crippen molar-refractivity contribution in [1.82, 2.24) is 10.2 Å². The maximum atomic E-state index is 13.5. The van der Waals surface area contributed by atoms with E-state index in [0.717, 1.165) is 31.0 Å². The van der Waals surface area contributed by atoms with Crippen molar-refractivity contribution in [2.24, 2.45) is 0 Å². The SMILES string of the molecule is CNC1CCCN(C(=O)c2cc(F)ccc2F)C1. The molecule has 1 heterocycles. The minimum Gasteiger partial charge on any atom is -0.337 e. The van der Waals surface area contributed by atoms with Crippen molar-refractivity contribution in [2.75, 3.05) is 20.1 Å². The highest BCUT2D eigenvalue weighted by molar-refractivity contribution is 5.94. The van der Waals surface area contributed by atoms with Crippen molar-refractivity contribution in [2.45, 2.75) is 18.9 Å². The Kier molecular flexibility index (Phi) is 3.91. The van der Waals surface area contributed by atoms with Crippen LogP contribution in [0.1, 0.15) is 23.2 Å². The highest BCUT2D eigenvalue weighted by Gasteiger charge is 2.25. The standard InChI is InChI=1S/C13H16F2N2O/c1-16-10-3-2-6-17(8-10)13(18)11-7-9(14)4-5-12(11)15/h4-5,7,10,16H,2-3,6,8H2,1H3. The fourth-order valence-corrected chi connectivity index (χ4v) is 2.23. The molecule has 1 aromatic rings. The first-order chi connectivity index (χ1) is 8.61. The van der Waals surface area contributed by atoms with Crippen LogP contribution >= 0.6 is 0 Å². The minimum absolute atomic E-state index is 0.188. The van der Waals surface area contributed by atoms with E-state index in [1.54, 1.807) is 4.90 Å². The van der Waals surface area contributed by atoms with Gasteiger partial charge in [0, 0.05) is 19.1 Å². The lowest BCUT2D eigenvalue weighted by atomic mass is 10.0. The largest absolute Gasteiger partial charge is 0.337 e. The Morgan fingerprint density at radius 2 is 2.22 bits per heavy atom. The first-order valence-corrected chi connectivity index (χ1v) is 6.03. The smallest absolute Gasteiger partial charge is 0.256 e. The Balaban J connectivity index is 2.17. The third-order valence-electron chi connectivity index (χ3n) is 3.28. The van der Waals surface area contributed by atoms with E-state index in [1.165, 1.54) is 0 Å². The number of likely N-dealkylation sites (tertiary alicyclic amines) is 1. The Hall–Kier alpha value is -1.49. The summed E-state index contributed by atoms with van der Waals surface area (Å²) in [4.78, 5) is 13.7. The molecule has 3 nitrogen and oxygen atoms in total. The maximum absolute atomic E-state index is 13.5. The number of carbonyl (C=O) groups excluding carboxylic acids is 1. The number of hydrogen-bond donors (Lipinski definition) is 1. The number of likely N-dealkylation sites (N-methyl/N-ethyl adjacent to an activating group) is 1. The van der Waals surface area contributed by atoms with Crippen molar-refractivity contribution in [3.63, 3.8) is 0 Å². The number of nitrogens with zero attached hydrogens (tertiary/aromatic N) is 1. The van der Waals surface area contributed by atoms with Gasteiger partial charge in [0.05, 0.1) is 5.56 Å². The van der Waals surface area contributed by atoms with Crippen molar-refractivity contribution in [3.8, 4) is 0 Å². The van der Waals surface area contributed by atoms with Gasteiger partial charge in [-0.2, -0.15) is 0 Å². The lowest BCUT2D eigenvalue weighted by Crippen LogP contribution is -2.47. The highest BCUT2D eigenvalue weighted by atomic mass is 19.1. The zero-order chi connectivity index (χ0) is 13.1. The molecule has 0 saturated carbocycles. The van der Waals surface area contributed by atoms with Gasteiger partial charge in [0.15, 0.2) is 0 Å². The summed E-state index contributed by atoms with van der Waals surface area (Å²) < 4.78 is 26.6. The summed E-state index contributed by atoms with van der Waals surface area (Å²) >= 11 is 0. The average molecular weight is 254 g/mol. The van der Waals surface area contributed by atoms with Crippen molar-refractivity contribution in [3.05, 3.63) is 35.4 Å². The molecular formula is C13H16F2N2O. The molecule has 1 aromatic carbocycles. The lowest BCUT2D eigenvalue weighted by Gasteiger charge is -2.32. The predicted molar refractivity (Wildman–Crippen MR) is 64.3 cm³/mol. The van der Waals surface area contributed by atoms with E-state index in [2.05, 4.69) is 5.32 Å². The number of carbonyl (C=O) groups is 1. The molecule has 98 valence electrons. The van der Waals surface area contributed by atoms with E-state index in [9.17, 15) is 13.6 Å². The van der Waals surface area contributed by atoms with E-state index >= 15 is 0 Å². The molecule has 2 rings (SSSR count). The zero-order valence-corrected chi connectivity index (χ0v) is 10.2. The summed E-state index contributed by atoms with van der Waals surface area (Å²) in [6.45, 7) is 1.12. The van der Waals surface area contributed by atoms with Crippen LogP contribution in [0.4, 0.5) is 8.78 Å². The van der Waals surface area contributed by atoms with E-state index in [4.69, 9.17) is 0 Å². The molecule has 5 heteroatoms. The monoisotopic (exact) mass is 254 g/mol. The van der Waals surface area contributed by atoms with Gasteiger partial charge in [-0.1, -0.05) is 0 Å². The van der Waals surface area contributed by atoms with Crippen LogP contribution in [-0.2, 0) is 0 Å². The third kappa shape index (κ3) is 2.67. The van der Waals surface area contributed by atoms with Crippen LogP contribution in [0.3, 0.4) is 0 Å². The van der Waals surface area contributed by atoms with Crippen LogP contribution in [0.5, 0.6) is 0 Å². The summed E-state index contributed by atoms with van der Waals surface area (Å²) in [6, 6.07) is 3.18. The van der Waals surface area contributed by atoms with E-state index < -0.39 is 17.5 Å². The fraction of sp³-hybridized carbons (Fsp3) is 0.462. The molecule has 1 amide bonds. The highest BCUT2D eigenvalue weighted by Crippen LogP contribution is 2.16. The number of nitrogens with one attached hydrogen (secondary N) is 1. The summed E-state index contributed by atoms with van der Waals surface area (Å²) in [6.07, 6.45) is 1.86.